The van der Waals surface area contributed by atoms with E-state index in [1.165, 1.54) is 46.0 Å². The van der Waals surface area contributed by atoms with Crippen molar-refractivity contribution in [3.8, 4) is 153 Å². The number of methoxy groups -OCH3 is 2. The standard InChI is InChI=1S/C26H31N3O5.C24H31N3O3.C20H20N4O3.C20H21N3O4.C20H20N2O5/c1-4-27-26(32)24-23(18-7-5-17(6-8-18)15-29-9-11-33-12-10-29)25(34-28-24)20-13-19(16(2)3)21(30)14-22(20)31;1-16(2)20-11-21(23(29)12-22(20)28)24(30)27-14-18-5-4-17(10-19(18)15-27)13-26-8-6-25(3)7-9-26;1-11(2)14-9-15(18(26)10-17(14)25)19-21-22-20(27)24(19)13-4-5-16-12(8-13)6-7-23(16)3;1-4-21-20(26)19-17(12-5-7-13(27-3)8-6-12)18(22-23-19)14-9-11(2)15(24)10-16(14)25;1-4-21-20(25)18-17(12-5-7-13(26-3)8-6-12)19(27-22-18)14-9-11(2)15(23)10-16(14)24/h5-8,13-14,16,30-31H,4,9-12,15H2,1-3H3,(H,27,32);4-5,10-12,16,28-29H,6-9,13-15H2,1-3H3;4-11,25-26H,1-3H3,(H,22,27);5-10,24-25H,4H2,1-3H3,(H,21,26)(H,22,23);5-10,23-24H,4H2,1-3H3,(H,21,25). The molecule has 2 saturated heterocycles. The number of ether oxygens (including phenoxy) is 3. The summed E-state index contributed by atoms with van der Waals surface area (Å²) < 4.78 is 30.3. The number of morpholine rings is 1. The maximum atomic E-state index is 13.1. The number of hydrogen-bond donors (Lipinski definition) is 15. The van der Waals surface area contributed by atoms with Gasteiger partial charge in [0.2, 0.25) is 0 Å². The van der Waals surface area contributed by atoms with Gasteiger partial charge in [-0.25, -0.2) is 14.5 Å². The molecule has 0 unspecified atom stereocenters. The molecular weight excluding hydrogens is 1850 g/mol. The number of benzene rings is 10. The first-order valence-electron chi connectivity index (χ1n) is 47.9. The summed E-state index contributed by atoms with van der Waals surface area (Å²) in [4.78, 5) is 72.2. The number of aryl methyl sites for hydroxylation is 3. The van der Waals surface area contributed by atoms with Crippen molar-refractivity contribution in [1.29, 1.82) is 0 Å². The van der Waals surface area contributed by atoms with Gasteiger partial charge >= 0.3 is 5.69 Å². The molecule has 35 nitrogen and oxygen atoms in total. The molecule has 145 heavy (non-hydrogen) atoms. The second kappa shape index (κ2) is 46.1. The van der Waals surface area contributed by atoms with E-state index in [-0.39, 0.29) is 133 Å². The van der Waals surface area contributed by atoms with Crippen molar-refractivity contribution < 1.29 is 93.5 Å². The molecule has 15 aromatic rings. The van der Waals surface area contributed by atoms with Crippen LogP contribution >= 0.6 is 0 Å². The number of piperazine rings is 1. The van der Waals surface area contributed by atoms with Crippen molar-refractivity contribution in [2.75, 3.05) is 93.4 Å². The summed E-state index contributed by atoms with van der Waals surface area (Å²) in [7, 11) is 7.26. The van der Waals surface area contributed by atoms with Crippen LogP contribution in [0.3, 0.4) is 0 Å². The molecule has 35 heteroatoms. The monoisotopic (exact) mass is 1970 g/mol. The third-order valence-electron chi connectivity index (χ3n) is 25.6. The van der Waals surface area contributed by atoms with Crippen LogP contribution in [0.1, 0.15) is 172 Å². The number of carbonyl (C=O) groups excluding carboxylic acids is 4. The molecule has 0 atom stereocenters. The quantitative estimate of drug-likeness (QED) is 0.0267. The fourth-order valence-corrected chi connectivity index (χ4v) is 17.5. The fraction of sp³-hybridized carbons (Fsp3) is 0.300. The van der Waals surface area contributed by atoms with Crippen LogP contribution in [0.25, 0.3) is 95.3 Å². The van der Waals surface area contributed by atoms with E-state index in [2.05, 4.69) is 86.6 Å². The smallest absolute Gasteiger partial charge is 0.348 e. The van der Waals surface area contributed by atoms with E-state index in [0.29, 0.717) is 134 Å². The summed E-state index contributed by atoms with van der Waals surface area (Å²) in [5.41, 5.74) is 15.6. The van der Waals surface area contributed by atoms with E-state index in [1.54, 1.807) is 107 Å². The third kappa shape index (κ3) is 23.7. The van der Waals surface area contributed by atoms with Gasteiger partial charge in [0.25, 0.3) is 23.6 Å². The molecule has 0 bridgehead atoms. The Labute approximate surface area is 838 Å². The number of nitrogens with one attached hydrogen (secondary N) is 5. The molecule has 0 aliphatic carbocycles. The Morgan fingerprint density at radius 3 is 1.44 bits per heavy atom. The van der Waals surface area contributed by atoms with Gasteiger partial charge in [0.1, 0.15) is 80.4 Å². The largest absolute Gasteiger partial charge is 0.508 e. The highest BCUT2D eigenvalue weighted by atomic mass is 16.5. The number of aromatic nitrogens is 8. The number of aromatic amines is 2. The van der Waals surface area contributed by atoms with Gasteiger partial charge in [0.15, 0.2) is 28.7 Å². The van der Waals surface area contributed by atoms with Crippen molar-refractivity contribution in [3.63, 3.8) is 0 Å². The minimum Gasteiger partial charge on any atom is -0.508 e. The third-order valence-corrected chi connectivity index (χ3v) is 25.6. The summed E-state index contributed by atoms with van der Waals surface area (Å²) in [5.74, 6) is 0.293. The van der Waals surface area contributed by atoms with Gasteiger partial charge < -0.3 is 105 Å². The molecule has 3 aliphatic heterocycles. The molecular formula is C110H123N15O20. The first kappa shape index (κ1) is 104. The summed E-state index contributed by atoms with van der Waals surface area (Å²) in [6.07, 6.45) is 1.95. The van der Waals surface area contributed by atoms with Gasteiger partial charge in [-0.3, -0.25) is 34.1 Å². The lowest BCUT2D eigenvalue weighted by atomic mass is 9.94. The van der Waals surface area contributed by atoms with Gasteiger partial charge in [-0.15, -0.1) is 0 Å². The van der Waals surface area contributed by atoms with E-state index in [4.69, 9.17) is 23.3 Å². The first-order chi connectivity index (χ1) is 69.5. The number of likely N-dealkylation sites (N-methyl/N-ethyl adjacent to an activating group) is 1. The molecule has 0 saturated carbocycles. The Kier molecular flexibility index (Phi) is 33.2. The topological polar surface area (TPSA) is 484 Å². The minimum absolute atomic E-state index is 0.00808. The summed E-state index contributed by atoms with van der Waals surface area (Å²) >= 11 is 0. The number of aromatic hydroxyl groups is 10. The van der Waals surface area contributed by atoms with Crippen molar-refractivity contribution in [1.82, 2.24) is 75.4 Å². The van der Waals surface area contributed by atoms with Crippen LogP contribution < -0.4 is 31.1 Å². The SMILES string of the molecule is CC(C)c1cc(-c2n[nH]c(=O)n2-c2ccc3c(ccn3C)c2)c(O)cc1O.CC(C)c1cc(C(=O)N2Cc3ccc(CN4CCN(C)CC4)cc3C2)c(O)cc1O.CCNC(=O)c1[nH]nc(-c2cc(C)c(O)cc2O)c1-c1ccc(OC)cc1.CCNC(=O)c1noc(-c2cc(C(C)C)c(O)cc2O)c1-c1ccc(CN2CCOCC2)cc1.CCNC(=O)c1noc(-c2cc(C)c(O)cc2O)c1-c1ccc(OC)cc1. The highest BCUT2D eigenvalue weighted by Crippen LogP contribution is 2.48. The van der Waals surface area contributed by atoms with Gasteiger partial charge in [-0.2, -0.15) is 10.2 Å². The number of phenols is 10. The second-order valence-electron chi connectivity index (χ2n) is 36.7. The maximum absolute atomic E-state index is 13.1. The maximum Gasteiger partial charge on any atom is 0.348 e. The number of fused-ring (bicyclic) bond motifs is 2. The van der Waals surface area contributed by atoms with Gasteiger partial charge in [0.05, 0.1) is 66.5 Å². The van der Waals surface area contributed by atoms with Crippen LogP contribution in [0.4, 0.5) is 0 Å². The highest BCUT2D eigenvalue weighted by Gasteiger charge is 2.34. The van der Waals surface area contributed by atoms with Gasteiger partial charge in [0, 0.05) is 151 Å². The zero-order valence-electron chi connectivity index (χ0n) is 83.7. The van der Waals surface area contributed by atoms with Crippen LogP contribution in [0.15, 0.2) is 196 Å². The Morgan fingerprint density at radius 2 is 0.903 bits per heavy atom. The molecule has 758 valence electrons. The molecule has 4 amide bonds. The first-order valence-corrected chi connectivity index (χ1v) is 47.9. The zero-order chi connectivity index (χ0) is 104. The summed E-state index contributed by atoms with van der Waals surface area (Å²) in [6, 6.07) is 50.9. The fourth-order valence-electron chi connectivity index (χ4n) is 17.5. The summed E-state index contributed by atoms with van der Waals surface area (Å²) in [5, 5.41) is 133. The van der Waals surface area contributed by atoms with Crippen LogP contribution in [-0.2, 0) is 38.0 Å². The van der Waals surface area contributed by atoms with Crippen molar-refractivity contribution in [2.45, 2.75) is 120 Å². The number of phenolic OH excluding ortho intramolecular Hbond substituents is 10. The van der Waals surface area contributed by atoms with Crippen LogP contribution in [-0.4, -0.2) is 228 Å². The van der Waals surface area contributed by atoms with E-state index < -0.39 is 5.69 Å². The number of amides is 4. The average molecular weight is 1980 g/mol. The summed E-state index contributed by atoms with van der Waals surface area (Å²) in [6.45, 7) is 32.4. The van der Waals surface area contributed by atoms with E-state index >= 15 is 0 Å². The van der Waals surface area contributed by atoms with Crippen LogP contribution in [0.5, 0.6) is 69.0 Å². The van der Waals surface area contributed by atoms with Crippen LogP contribution in [0, 0.1) is 13.8 Å². The molecule has 3 aliphatic rings. The van der Waals surface area contributed by atoms with Gasteiger partial charge in [-0.05, 0) is 205 Å². The van der Waals surface area contributed by atoms with E-state index in [1.807, 2.05) is 134 Å². The Balaban J connectivity index is 0.000000144. The number of nitrogens with zero attached hydrogens (tertiary/aromatic N) is 10. The zero-order valence-corrected chi connectivity index (χ0v) is 83.7. The van der Waals surface area contributed by atoms with Crippen molar-refractivity contribution in [2.24, 2.45) is 7.05 Å². The number of rotatable bonds is 24. The molecule has 2 fully saturated rings. The minimum atomic E-state index is -0.404. The lowest BCUT2D eigenvalue weighted by Crippen LogP contribution is -2.43. The van der Waals surface area contributed by atoms with Gasteiger partial charge in [-0.1, -0.05) is 119 Å². The molecule has 0 spiro atoms. The molecule has 0 radical (unpaired) electrons. The second-order valence-corrected chi connectivity index (χ2v) is 36.7. The lowest BCUT2D eigenvalue weighted by Gasteiger charge is -2.32. The average Bonchev–Trinajstić information content (AvgIpc) is 1.65. The number of hydrogen-bond acceptors (Lipinski definition) is 27. The molecule has 8 heterocycles. The van der Waals surface area contributed by atoms with E-state index in [0.717, 1.165) is 98.7 Å². The molecule has 15 N–H and O–H groups in total. The predicted molar refractivity (Wildman–Crippen MR) is 551 cm³/mol. The Hall–Kier alpha value is -16.4. The Morgan fingerprint density at radius 1 is 0.448 bits per heavy atom. The van der Waals surface area contributed by atoms with Crippen molar-refractivity contribution in [3.05, 3.63) is 265 Å². The molecule has 10 aromatic carbocycles. The number of carbonyl (C=O) groups is 4. The molecule has 18 rings (SSSR count). The lowest BCUT2D eigenvalue weighted by molar-refractivity contribution is 0.0342. The highest BCUT2D eigenvalue weighted by molar-refractivity contribution is 6.05. The number of H-pyrrole nitrogens is 2. The van der Waals surface area contributed by atoms with E-state index in [9.17, 15) is 75.0 Å². The molecule has 5 aromatic heterocycles. The van der Waals surface area contributed by atoms with Crippen LogP contribution in [0.2, 0.25) is 0 Å². The predicted octanol–water partition coefficient (Wildman–Crippen LogP) is 17.2. The normalized spacial score (nSPS) is 13.1. The van der Waals surface area contributed by atoms with Crippen molar-refractivity contribution >= 4 is 34.5 Å². The Bertz CT molecular complexity index is 7080.